The Hall–Kier alpha value is -2.52. The van der Waals surface area contributed by atoms with Crippen LogP contribution in [0.4, 0.5) is 9.18 Å². The zero-order valence-corrected chi connectivity index (χ0v) is 18.6. The summed E-state index contributed by atoms with van der Waals surface area (Å²) >= 11 is 0. The molecule has 31 heavy (non-hydrogen) atoms. The second kappa shape index (κ2) is 8.92. The lowest BCUT2D eigenvalue weighted by Gasteiger charge is -2.53. The molecule has 0 saturated carbocycles. The second-order valence-corrected chi connectivity index (χ2v) is 9.29. The number of rotatable bonds is 6. The zero-order chi connectivity index (χ0) is 22.8. The number of aliphatic hydroxyl groups is 1. The highest BCUT2D eigenvalue weighted by Gasteiger charge is 2.45. The zero-order valence-electron chi connectivity index (χ0n) is 18.6. The first-order chi connectivity index (χ1) is 14.6. The number of aromatic nitrogens is 2. The molecular formula is C22H32FN4O4+. The van der Waals surface area contributed by atoms with Gasteiger partial charge in [0.25, 0.3) is 0 Å². The number of nitrogens with one attached hydrogen (secondary N) is 1. The first-order valence-electron chi connectivity index (χ1n) is 10.6. The van der Waals surface area contributed by atoms with E-state index < -0.39 is 17.8 Å². The van der Waals surface area contributed by atoms with Gasteiger partial charge in [-0.05, 0) is 32.9 Å². The Morgan fingerprint density at radius 3 is 2.58 bits per heavy atom. The van der Waals surface area contributed by atoms with E-state index in [1.807, 2.05) is 0 Å². The SMILES string of the molecule is COc1cnc2ccc(F)c(C(CO)C[N+]3(C(C)(C)C)CCC(NC(=O)O)CC3)c2n1. The minimum Gasteiger partial charge on any atom is -0.480 e. The lowest BCUT2D eigenvalue weighted by atomic mass is 9.88. The van der Waals surface area contributed by atoms with Crippen LogP contribution in [-0.4, -0.2) is 75.7 Å². The Kier molecular flexibility index (Phi) is 6.66. The maximum Gasteiger partial charge on any atom is 0.404 e. The Balaban J connectivity index is 1.98. The van der Waals surface area contributed by atoms with Crippen LogP contribution in [0.1, 0.15) is 45.1 Å². The highest BCUT2D eigenvalue weighted by Crippen LogP contribution is 2.36. The van der Waals surface area contributed by atoms with E-state index in [-0.39, 0.29) is 24.1 Å². The van der Waals surface area contributed by atoms with Crippen molar-refractivity contribution in [2.24, 2.45) is 0 Å². The summed E-state index contributed by atoms with van der Waals surface area (Å²) in [6, 6.07) is 2.85. The Bertz CT molecular complexity index is 939. The molecule has 1 unspecified atom stereocenters. The van der Waals surface area contributed by atoms with Crippen molar-refractivity contribution in [2.75, 3.05) is 33.4 Å². The van der Waals surface area contributed by atoms with Crippen molar-refractivity contribution in [2.45, 2.75) is 51.1 Å². The Morgan fingerprint density at radius 1 is 1.35 bits per heavy atom. The number of benzene rings is 1. The van der Waals surface area contributed by atoms with Crippen LogP contribution in [0.15, 0.2) is 18.3 Å². The third-order valence-electron chi connectivity index (χ3n) is 6.65. The normalized spacial score (nSPS) is 22.8. The van der Waals surface area contributed by atoms with Gasteiger partial charge in [-0.2, -0.15) is 0 Å². The number of hydrogen-bond acceptors (Lipinski definition) is 5. The molecule has 1 aliphatic heterocycles. The molecule has 0 aliphatic carbocycles. The smallest absolute Gasteiger partial charge is 0.404 e. The van der Waals surface area contributed by atoms with Crippen LogP contribution in [0.5, 0.6) is 5.88 Å². The predicted molar refractivity (Wildman–Crippen MR) is 115 cm³/mol. The number of halogens is 1. The molecule has 0 bridgehead atoms. The summed E-state index contributed by atoms with van der Waals surface area (Å²) in [6.07, 6.45) is 1.85. The summed E-state index contributed by atoms with van der Waals surface area (Å²) in [4.78, 5) is 19.8. The van der Waals surface area contributed by atoms with Crippen molar-refractivity contribution < 1.29 is 28.6 Å². The van der Waals surface area contributed by atoms with Gasteiger partial charge in [-0.15, -0.1) is 0 Å². The van der Waals surface area contributed by atoms with E-state index in [1.165, 1.54) is 19.4 Å². The molecule has 2 aromatic rings. The number of piperidine rings is 1. The molecular weight excluding hydrogens is 403 g/mol. The third-order valence-corrected chi connectivity index (χ3v) is 6.65. The van der Waals surface area contributed by atoms with Gasteiger partial charge in [0.15, 0.2) is 0 Å². The third kappa shape index (κ3) is 4.72. The molecule has 1 atom stereocenters. The van der Waals surface area contributed by atoms with E-state index in [0.717, 1.165) is 13.1 Å². The van der Waals surface area contributed by atoms with E-state index in [4.69, 9.17) is 9.84 Å². The van der Waals surface area contributed by atoms with Gasteiger partial charge < -0.3 is 24.7 Å². The summed E-state index contributed by atoms with van der Waals surface area (Å²) in [7, 11) is 1.48. The predicted octanol–water partition coefficient (Wildman–Crippen LogP) is 2.90. The van der Waals surface area contributed by atoms with Gasteiger partial charge in [-0.3, -0.25) is 0 Å². The van der Waals surface area contributed by atoms with Gasteiger partial charge >= 0.3 is 6.09 Å². The fourth-order valence-corrected chi connectivity index (χ4v) is 4.71. The number of amides is 1. The van der Waals surface area contributed by atoms with E-state index in [0.29, 0.717) is 40.5 Å². The molecule has 1 aliphatic rings. The van der Waals surface area contributed by atoms with Gasteiger partial charge in [-0.1, -0.05) is 0 Å². The first kappa shape index (κ1) is 23.1. The van der Waals surface area contributed by atoms with Gasteiger partial charge in [0, 0.05) is 24.4 Å². The number of carboxylic acid groups (broad SMARTS) is 1. The molecule has 170 valence electrons. The maximum atomic E-state index is 15.1. The van der Waals surface area contributed by atoms with Gasteiger partial charge in [0.2, 0.25) is 5.88 Å². The second-order valence-electron chi connectivity index (χ2n) is 9.29. The number of likely N-dealkylation sites (tertiary alicyclic amines) is 1. The van der Waals surface area contributed by atoms with Gasteiger partial charge in [-0.25, -0.2) is 19.2 Å². The number of carbonyl (C=O) groups is 1. The van der Waals surface area contributed by atoms with Crippen LogP contribution in [0.2, 0.25) is 0 Å². The van der Waals surface area contributed by atoms with E-state index in [9.17, 15) is 9.90 Å². The minimum atomic E-state index is -1.01. The van der Waals surface area contributed by atoms with Gasteiger partial charge in [0.05, 0.1) is 62.0 Å². The van der Waals surface area contributed by atoms with Crippen LogP contribution >= 0.6 is 0 Å². The highest BCUT2D eigenvalue weighted by atomic mass is 19.1. The van der Waals surface area contributed by atoms with Crippen molar-refractivity contribution in [1.82, 2.24) is 15.3 Å². The summed E-state index contributed by atoms with van der Waals surface area (Å²) in [5.74, 6) is -0.631. The number of ether oxygens (including phenoxy) is 1. The Labute approximate surface area is 181 Å². The van der Waals surface area contributed by atoms with Crippen molar-refractivity contribution in [3.8, 4) is 5.88 Å². The molecule has 1 aromatic carbocycles. The molecule has 1 fully saturated rings. The summed E-state index contributed by atoms with van der Waals surface area (Å²) in [5.41, 5.74) is 1.11. The molecule has 3 rings (SSSR count). The largest absolute Gasteiger partial charge is 0.480 e. The molecule has 8 nitrogen and oxygen atoms in total. The first-order valence-corrected chi connectivity index (χ1v) is 10.6. The van der Waals surface area contributed by atoms with Crippen LogP contribution in [-0.2, 0) is 0 Å². The maximum absolute atomic E-state index is 15.1. The molecule has 0 radical (unpaired) electrons. The highest BCUT2D eigenvalue weighted by molar-refractivity contribution is 5.79. The fourth-order valence-electron chi connectivity index (χ4n) is 4.71. The van der Waals surface area contributed by atoms with Crippen LogP contribution < -0.4 is 10.1 Å². The number of nitrogens with zero attached hydrogens (tertiary/aromatic N) is 3. The molecule has 2 heterocycles. The molecule has 3 N–H and O–H groups in total. The average molecular weight is 436 g/mol. The van der Waals surface area contributed by atoms with Crippen molar-refractivity contribution >= 4 is 17.1 Å². The topological polar surface area (TPSA) is 105 Å². The number of hydrogen-bond donors (Lipinski definition) is 3. The van der Waals surface area contributed by atoms with Crippen molar-refractivity contribution in [3.63, 3.8) is 0 Å². The van der Waals surface area contributed by atoms with Crippen LogP contribution in [0.3, 0.4) is 0 Å². The summed E-state index contributed by atoms with van der Waals surface area (Å²) < 4.78 is 20.9. The molecule has 0 spiro atoms. The summed E-state index contributed by atoms with van der Waals surface area (Å²) in [5, 5.41) is 22.0. The lowest BCUT2D eigenvalue weighted by Crippen LogP contribution is -2.66. The number of fused-ring (bicyclic) bond motifs is 1. The quantitative estimate of drug-likeness (QED) is 0.603. The molecule has 1 saturated heterocycles. The Morgan fingerprint density at radius 2 is 2.03 bits per heavy atom. The van der Waals surface area contributed by atoms with Crippen molar-refractivity contribution in [3.05, 3.63) is 29.7 Å². The van der Waals surface area contributed by atoms with Gasteiger partial charge in [0.1, 0.15) is 5.82 Å². The summed E-state index contributed by atoms with van der Waals surface area (Å²) in [6.45, 7) is 8.13. The van der Waals surface area contributed by atoms with E-state index >= 15 is 4.39 Å². The minimum absolute atomic E-state index is 0.0944. The average Bonchev–Trinajstić information content (AvgIpc) is 2.72. The fraction of sp³-hybridized carbons (Fsp3) is 0.591. The molecule has 1 aromatic heterocycles. The molecule has 9 heteroatoms. The van der Waals surface area contributed by atoms with Crippen LogP contribution in [0.25, 0.3) is 11.0 Å². The monoisotopic (exact) mass is 435 g/mol. The van der Waals surface area contributed by atoms with E-state index in [1.54, 1.807) is 6.07 Å². The number of quaternary nitrogens is 1. The van der Waals surface area contributed by atoms with Crippen molar-refractivity contribution in [1.29, 1.82) is 0 Å². The number of aliphatic hydroxyl groups excluding tert-OH is 1. The molecule has 1 amide bonds. The standard InChI is InChI=1S/C22H31FN4O4/c1-22(2,3)27(9-7-15(8-10-27)25-21(29)30)12-14(13-28)19-16(23)5-6-17-20(19)26-18(31-4)11-24-17/h5-6,11,14-15,25,28H,7-10,12-13H2,1-4H3/p+1. The lowest BCUT2D eigenvalue weighted by molar-refractivity contribution is -0.976. The number of methoxy groups -OCH3 is 1. The van der Waals surface area contributed by atoms with E-state index in [2.05, 4.69) is 36.1 Å². The van der Waals surface area contributed by atoms with Crippen LogP contribution in [0, 0.1) is 5.82 Å².